The summed E-state index contributed by atoms with van der Waals surface area (Å²) in [5.41, 5.74) is 0.332. The largest absolute Gasteiger partial charge is 0.508 e. The summed E-state index contributed by atoms with van der Waals surface area (Å²) in [6.45, 7) is 5.59. The van der Waals surface area contributed by atoms with E-state index in [-0.39, 0.29) is 17.4 Å². The van der Waals surface area contributed by atoms with E-state index in [9.17, 15) is 15.0 Å². The average Bonchev–Trinajstić information content (AvgIpc) is 2.25. The summed E-state index contributed by atoms with van der Waals surface area (Å²) >= 11 is 1.87. The molecule has 0 saturated carbocycles. The van der Waals surface area contributed by atoms with Crippen molar-refractivity contribution in [2.24, 2.45) is 0 Å². The van der Waals surface area contributed by atoms with Gasteiger partial charge < -0.3 is 15.1 Å². The Morgan fingerprint density at radius 3 is 2.17 bits per heavy atom. The van der Waals surface area contributed by atoms with Crippen molar-refractivity contribution in [3.63, 3.8) is 0 Å². The van der Waals surface area contributed by atoms with Crippen LogP contribution in [0.15, 0.2) is 18.2 Å². The van der Waals surface area contributed by atoms with Crippen molar-refractivity contribution in [2.45, 2.75) is 24.3 Å². The van der Waals surface area contributed by atoms with Gasteiger partial charge in [-0.3, -0.25) is 4.79 Å². The number of thioether (sulfide) groups is 1. The Morgan fingerprint density at radius 1 is 1.17 bits per heavy atom. The minimum absolute atomic E-state index is 0.0918. The number of aromatic hydroxyl groups is 2. The van der Waals surface area contributed by atoms with Gasteiger partial charge in [0.05, 0.1) is 0 Å². The number of benzene rings is 1. The van der Waals surface area contributed by atoms with E-state index in [1.165, 1.54) is 18.2 Å². The molecule has 1 fully saturated rings. The highest BCUT2D eigenvalue weighted by molar-refractivity contribution is 8.00. The summed E-state index contributed by atoms with van der Waals surface area (Å²) in [5, 5.41) is 19.6. The molecule has 4 nitrogen and oxygen atoms in total. The molecule has 1 aliphatic rings. The van der Waals surface area contributed by atoms with Crippen LogP contribution < -0.4 is 0 Å². The fraction of sp³-hybridized carbons (Fsp3) is 0.462. The number of carbonyl (C=O) groups is 1. The molecule has 2 N–H and O–H groups in total. The SMILES string of the molecule is CC1CN(C(=O)c2cc(O)cc(O)c2)CC(C)S1. The van der Waals surface area contributed by atoms with E-state index >= 15 is 0 Å². The lowest BCUT2D eigenvalue weighted by molar-refractivity contribution is 0.0752. The van der Waals surface area contributed by atoms with Crippen molar-refractivity contribution in [1.82, 2.24) is 4.90 Å². The van der Waals surface area contributed by atoms with Crippen LogP contribution in [-0.4, -0.2) is 44.6 Å². The molecule has 0 bridgehead atoms. The molecule has 0 radical (unpaired) electrons. The maximum Gasteiger partial charge on any atom is 0.254 e. The van der Waals surface area contributed by atoms with Gasteiger partial charge in [-0.15, -0.1) is 0 Å². The van der Waals surface area contributed by atoms with Gasteiger partial charge in [-0.05, 0) is 12.1 Å². The van der Waals surface area contributed by atoms with E-state index in [0.717, 1.165) is 0 Å². The molecule has 0 spiro atoms. The number of amides is 1. The molecule has 1 heterocycles. The fourth-order valence-corrected chi connectivity index (χ4v) is 3.57. The summed E-state index contributed by atoms with van der Waals surface area (Å²) in [6.07, 6.45) is 0. The molecule has 18 heavy (non-hydrogen) atoms. The minimum Gasteiger partial charge on any atom is -0.508 e. The van der Waals surface area contributed by atoms with Crippen LogP contribution in [0.25, 0.3) is 0 Å². The van der Waals surface area contributed by atoms with Crippen molar-refractivity contribution in [3.8, 4) is 11.5 Å². The van der Waals surface area contributed by atoms with Gasteiger partial charge in [-0.25, -0.2) is 0 Å². The third kappa shape index (κ3) is 2.90. The van der Waals surface area contributed by atoms with Crippen LogP contribution in [0.2, 0.25) is 0 Å². The number of phenolic OH excluding ortho intramolecular Hbond substituents is 2. The molecule has 1 aliphatic heterocycles. The third-order valence-electron chi connectivity index (χ3n) is 2.86. The molecule has 2 atom stereocenters. The standard InChI is InChI=1S/C13H17NO3S/c1-8-6-14(7-9(2)18-8)13(17)10-3-11(15)5-12(16)4-10/h3-5,8-9,15-16H,6-7H2,1-2H3. The number of hydrogen-bond acceptors (Lipinski definition) is 4. The monoisotopic (exact) mass is 267 g/mol. The fourth-order valence-electron chi connectivity index (χ4n) is 2.24. The van der Waals surface area contributed by atoms with Crippen molar-refractivity contribution in [2.75, 3.05) is 13.1 Å². The lowest BCUT2D eigenvalue weighted by atomic mass is 10.1. The van der Waals surface area contributed by atoms with Crippen LogP contribution in [0.3, 0.4) is 0 Å². The van der Waals surface area contributed by atoms with E-state index in [1.807, 2.05) is 11.8 Å². The molecular formula is C13H17NO3S. The molecule has 2 rings (SSSR count). The van der Waals surface area contributed by atoms with Gasteiger partial charge in [0.15, 0.2) is 0 Å². The Hall–Kier alpha value is -1.36. The summed E-state index contributed by atoms with van der Waals surface area (Å²) < 4.78 is 0. The first-order valence-corrected chi connectivity index (χ1v) is 6.87. The van der Waals surface area contributed by atoms with Gasteiger partial charge in [0.2, 0.25) is 0 Å². The van der Waals surface area contributed by atoms with Gasteiger partial charge in [0, 0.05) is 35.2 Å². The highest BCUT2D eigenvalue weighted by atomic mass is 32.2. The summed E-state index contributed by atoms with van der Waals surface area (Å²) in [7, 11) is 0. The van der Waals surface area contributed by atoms with Crippen molar-refractivity contribution in [3.05, 3.63) is 23.8 Å². The molecule has 0 aliphatic carbocycles. The Bertz CT molecular complexity index is 433. The third-order valence-corrected chi connectivity index (χ3v) is 4.08. The predicted molar refractivity (Wildman–Crippen MR) is 72.2 cm³/mol. The molecule has 1 aromatic rings. The van der Waals surface area contributed by atoms with Gasteiger partial charge in [-0.2, -0.15) is 11.8 Å². The lowest BCUT2D eigenvalue weighted by Gasteiger charge is -2.34. The van der Waals surface area contributed by atoms with Crippen LogP contribution in [-0.2, 0) is 0 Å². The summed E-state index contributed by atoms with van der Waals surface area (Å²) in [5.74, 6) is -0.322. The molecular weight excluding hydrogens is 250 g/mol. The molecule has 5 heteroatoms. The zero-order chi connectivity index (χ0) is 13.3. The van der Waals surface area contributed by atoms with Crippen molar-refractivity contribution < 1.29 is 15.0 Å². The summed E-state index contributed by atoms with van der Waals surface area (Å²) in [6, 6.07) is 3.99. The Kier molecular flexibility index (Phi) is 3.71. The van der Waals surface area contributed by atoms with Gasteiger partial charge >= 0.3 is 0 Å². The Balaban J connectivity index is 2.20. The van der Waals surface area contributed by atoms with Crippen LogP contribution in [0.1, 0.15) is 24.2 Å². The normalized spacial score (nSPS) is 24.0. The van der Waals surface area contributed by atoms with Gasteiger partial charge in [0.25, 0.3) is 5.91 Å². The van der Waals surface area contributed by atoms with E-state index in [4.69, 9.17) is 0 Å². The Labute approximate surface area is 111 Å². The molecule has 98 valence electrons. The Morgan fingerprint density at radius 2 is 1.67 bits per heavy atom. The highest BCUT2D eigenvalue weighted by Crippen LogP contribution is 2.27. The van der Waals surface area contributed by atoms with E-state index in [2.05, 4.69) is 13.8 Å². The number of carbonyl (C=O) groups excluding carboxylic acids is 1. The zero-order valence-electron chi connectivity index (χ0n) is 10.5. The second kappa shape index (κ2) is 5.10. The van der Waals surface area contributed by atoms with Crippen LogP contribution in [0.5, 0.6) is 11.5 Å². The van der Waals surface area contributed by atoms with Crippen molar-refractivity contribution in [1.29, 1.82) is 0 Å². The smallest absolute Gasteiger partial charge is 0.254 e. The molecule has 1 amide bonds. The molecule has 0 aromatic heterocycles. The van der Waals surface area contributed by atoms with E-state index < -0.39 is 0 Å². The highest BCUT2D eigenvalue weighted by Gasteiger charge is 2.26. The number of hydrogen-bond donors (Lipinski definition) is 2. The number of phenols is 2. The number of rotatable bonds is 1. The van der Waals surface area contributed by atoms with Crippen LogP contribution in [0.4, 0.5) is 0 Å². The number of nitrogens with zero attached hydrogens (tertiary/aromatic N) is 1. The second-order valence-corrected chi connectivity index (χ2v) is 6.59. The molecule has 1 aromatic carbocycles. The maximum absolute atomic E-state index is 12.3. The van der Waals surface area contributed by atoms with Crippen LogP contribution in [0, 0.1) is 0 Å². The predicted octanol–water partition coefficient (Wildman–Crippen LogP) is 2.06. The first kappa shape index (κ1) is 13.1. The molecule has 1 saturated heterocycles. The quantitative estimate of drug-likeness (QED) is 0.817. The maximum atomic E-state index is 12.3. The summed E-state index contributed by atoms with van der Waals surface area (Å²) in [4.78, 5) is 14.1. The minimum atomic E-state index is -0.139. The average molecular weight is 267 g/mol. The van der Waals surface area contributed by atoms with E-state index in [1.54, 1.807) is 4.90 Å². The second-order valence-electron chi connectivity index (χ2n) is 4.71. The molecule has 2 unspecified atom stereocenters. The first-order valence-electron chi connectivity index (χ1n) is 5.93. The van der Waals surface area contributed by atoms with Crippen LogP contribution >= 0.6 is 11.8 Å². The van der Waals surface area contributed by atoms with E-state index in [0.29, 0.717) is 29.2 Å². The topological polar surface area (TPSA) is 60.8 Å². The van der Waals surface area contributed by atoms with Crippen molar-refractivity contribution >= 4 is 17.7 Å². The zero-order valence-corrected chi connectivity index (χ0v) is 11.3. The first-order chi connectivity index (χ1) is 8.45. The van der Waals surface area contributed by atoms with Gasteiger partial charge in [0.1, 0.15) is 11.5 Å². The lowest BCUT2D eigenvalue weighted by Crippen LogP contribution is -2.44. The van der Waals surface area contributed by atoms with Gasteiger partial charge in [-0.1, -0.05) is 13.8 Å².